The van der Waals surface area contributed by atoms with E-state index in [4.69, 9.17) is 0 Å². The molecule has 0 aliphatic rings. The SMILES string of the molecule is C=CCNNC(=O)NCC. The van der Waals surface area contributed by atoms with E-state index in [1.807, 2.05) is 6.92 Å². The van der Waals surface area contributed by atoms with E-state index in [0.29, 0.717) is 13.1 Å². The van der Waals surface area contributed by atoms with Gasteiger partial charge in [-0.15, -0.1) is 6.58 Å². The zero-order valence-corrected chi connectivity index (χ0v) is 6.11. The van der Waals surface area contributed by atoms with Gasteiger partial charge in [-0.3, -0.25) is 5.43 Å². The van der Waals surface area contributed by atoms with E-state index in [0.717, 1.165) is 0 Å². The van der Waals surface area contributed by atoms with E-state index in [-0.39, 0.29) is 6.03 Å². The second kappa shape index (κ2) is 6.10. The van der Waals surface area contributed by atoms with Gasteiger partial charge >= 0.3 is 6.03 Å². The molecule has 0 atom stereocenters. The molecular formula is C6H13N3O. The Kier molecular flexibility index (Phi) is 5.47. The second-order valence-electron chi connectivity index (χ2n) is 1.65. The average Bonchev–Trinajstić information content (AvgIpc) is 1.89. The molecule has 0 aromatic heterocycles. The molecule has 10 heavy (non-hydrogen) atoms. The summed E-state index contributed by atoms with van der Waals surface area (Å²) in [6.45, 7) is 6.52. The van der Waals surface area contributed by atoms with Crippen LogP contribution in [0.5, 0.6) is 0 Å². The van der Waals surface area contributed by atoms with Crippen LogP contribution in [0.3, 0.4) is 0 Å². The Morgan fingerprint density at radius 1 is 1.70 bits per heavy atom. The van der Waals surface area contributed by atoms with Crippen molar-refractivity contribution in [2.24, 2.45) is 0 Å². The molecule has 0 aliphatic carbocycles. The standard InChI is InChI=1S/C6H13N3O/c1-3-5-8-9-6(10)7-4-2/h3,8H,1,4-5H2,2H3,(H2,7,9,10). The molecule has 0 aromatic carbocycles. The van der Waals surface area contributed by atoms with Crippen LogP contribution in [-0.4, -0.2) is 19.1 Å². The van der Waals surface area contributed by atoms with Crippen LogP contribution in [0, 0.1) is 0 Å². The normalized spacial score (nSPS) is 8.50. The Morgan fingerprint density at radius 2 is 2.40 bits per heavy atom. The number of carbonyl (C=O) groups excluding carboxylic acids is 1. The van der Waals surface area contributed by atoms with Gasteiger partial charge in [0, 0.05) is 13.1 Å². The molecule has 0 aromatic rings. The van der Waals surface area contributed by atoms with Crippen molar-refractivity contribution in [1.29, 1.82) is 0 Å². The Bertz CT molecular complexity index is 114. The smallest absolute Gasteiger partial charge is 0.329 e. The van der Waals surface area contributed by atoms with Crippen molar-refractivity contribution in [2.75, 3.05) is 13.1 Å². The van der Waals surface area contributed by atoms with E-state index in [1.54, 1.807) is 6.08 Å². The molecule has 0 saturated carbocycles. The summed E-state index contributed by atoms with van der Waals surface area (Å²) < 4.78 is 0. The van der Waals surface area contributed by atoms with E-state index < -0.39 is 0 Å². The summed E-state index contributed by atoms with van der Waals surface area (Å²) in [5.41, 5.74) is 5.05. The fourth-order valence-corrected chi connectivity index (χ4v) is 0.408. The van der Waals surface area contributed by atoms with E-state index in [2.05, 4.69) is 22.7 Å². The fourth-order valence-electron chi connectivity index (χ4n) is 0.408. The Balaban J connectivity index is 3.13. The topological polar surface area (TPSA) is 53.2 Å². The van der Waals surface area contributed by atoms with Crippen molar-refractivity contribution in [3.8, 4) is 0 Å². The highest BCUT2D eigenvalue weighted by molar-refractivity contribution is 5.73. The van der Waals surface area contributed by atoms with E-state index in [9.17, 15) is 4.79 Å². The van der Waals surface area contributed by atoms with Crippen molar-refractivity contribution in [2.45, 2.75) is 6.92 Å². The third kappa shape index (κ3) is 5.11. The van der Waals surface area contributed by atoms with Crippen LogP contribution in [-0.2, 0) is 0 Å². The summed E-state index contributed by atoms with van der Waals surface area (Å²) in [7, 11) is 0. The number of urea groups is 1. The van der Waals surface area contributed by atoms with Crippen molar-refractivity contribution < 1.29 is 4.79 Å². The summed E-state index contributed by atoms with van der Waals surface area (Å²) in [6, 6.07) is -0.218. The summed E-state index contributed by atoms with van der Waals surface area (Å²) in [5, 5.41) is 2.56. The molecule has 0 spiro atoms. The first-order valence-corrected chi connectivity index (χ1v) is 3.18. The molecule has 4 heteroatoms. The Labute approximate surface area is 60.7 Å². The van der Waals surface area contributed by atoms with Crippen LogP contribution in [0.25, 0.3) is 0 Å². The van der Waals surface area contributed by atoms with Gasteiger partial charge in [0.1, 0.15) is 0 Å². The largest absolute Gasteiger partial charge is 0.337 e. The molecule has 0 radical (unpaired) electrons. The lowest BCUT2D eigenvalue weighted by Crippen LogP contribution is -2.43. The number of hydrogen-bond acceptors (Lipinski definition) is 2. The van der Waals surface area contributed by atoms with Crippen LogP contribution in [0.1, 0.15) is 6.92 Å². The zero-order valence-electron chi connectivity index (χ0n) is 6.11. The third-order valence-electron chi connectivity index (χ3n) is 0.786. The summed E-state index contributed by atoms with van der Waals surface area (Å²) in [6.07, 6.45) is 1.66. The molecule has 0 fully saturated rings. The van der Waals surface area contributed by atoms with Crippen molar-refractivity contribution >= 4 is 6.03 Å². The summed E-state index contributed by atoms with van der Waals surface area (Å²) >= 11 is 0. The zero-order chi connectivity index (χ0) is 7.82. The van der Waals surface area contributed by atoms with Gasteiger partial charge in [-0.1, -0.05) is 6.08 Å². The second-order valence-corrected chi connectivity index (χ2v) is 1.65. The molecule has 0 bridgehead atoms. The maximum Gasteiger partial charge on any atom is 0.329 e. The van der Waals surface area contributed by atoms with Crippen molar-refractivity contribution in [1.82, 2.24) is 16.2 Å². The molecule has 0 rings (SSSR count). The van der Waals surface area contributed by atoms with Crippen LogP contribution < -0.4 is 16.2 Å². The predicted octanol–water partition coefficient (Wildman–Crippen LogP) is -0.00390. The lowest BCUT2D eigenvalue weighted by atomic mass is 10.7. The molecule has 4 nitrogen and oxygen atoms in total. The number of rotatable bonds is 4. The van der Waals surface area contributed by atoms with Gasteiger partial charge in [0.25, 0.3) is 0 Å². The third-order valence-corrected chi connectivity index (χ3v) is 0.786. The van der Waals surface area contributed by atoms with Crippen LogP contribution in [0.15, 0.2) is 12.7 Å². The molecule has 0 saturated heterocycles. The maximum absolute atomic E-state index is 10.6. The number of carbonyl (C=O) groups is 1. The minimum atomic E-state index is -0.218. The first-order chi connectivity index (χ1) is 4.81. The molecule has 2 amide bonds. The Morgan fingerprint density at radius 3 is 2.90 bits per heavy atom. The van der Waals surface area contributed by atoms with E-state index in [1.165, 1.54) is 0 Å². The first kappa shape index (κ1) is 8.97. The predicted molar refractivity (Wildman–Crippen MR) is 40.4 cm³/mol. The molecule has 0 aliphatic heterocycles. The van der Waals surface area contributed by atoms with Gasteiger partial charge in [-0.25, -0.2) is 10.2 Å². The van der Waals surface area contributed by atoms with Crippen LogP contribution in [0.4, 0.5) is 4.79 Å². The lowest BCUT2D eigenvalue weighted by Gasteiger charge is -2.04. The highest BCUT2D eigenvalue weighted by Crippen LogP contribution is 1.60. The molecule has 0 unspecified atom stereocenters. The molecule has 0 heterocycles. The monoisotopic (exact) mass is 143 g/mol. The lowest BCUT2D eigenvalue weighted by molar-refractivity contribution is 0.237. The molecule has 3 N–H and O–H groups in total. The van der Waals surface area contributed by atoms with Crippen molar-refractivity contribution in [3.63, 3.8) is 0 Å². The van der Waals surface area contributed by atoms with Gasteiger partial charge in [0.2, 0.25) is 0 Å². The molecule has 58 valence electrons. The van der Waals surface area contributed by atoms with Crippen LogP contribution in [0.2, 0.25) is 0 Å². The number of hydrazine groups is 1. The van der Waals surface area contributed by atoms with Crippen molar-refractivity contribution in [3.05, 3.63) is 12.7 Å². The summed E-state index contributed by atoms with van der Waals surface area (Å²) in [4.78, 5) is 10.6. The highest BCUT2D eigenvalue weighted by Gasteiger charge is 1.91. The Hall–Kier alpha value is -1.03. The highest BCUT2D eigenvalue weighted by atomic mass is 16.2. The fraction of sp³-hybridized carbons (Fsp3) is 0.500. The number of nitrogens with one attached hydrogen (secondary N) is 3. The number of amides is 2. The van der Waals surface area contributed by atoms with Gasteiger partial charge in [0.15, 0.2) is 0 Å². The number of hydrogen-bond donors (Lipinski definition) is 3. The van der Waals surface area contributed by atoms with Gasteiger partial charge < -0.3 is 5.32 Å². The average molecular weight is 143 g/mol. The van der Waals surface area contributed by atoms with Gasteiger partial charge in [0.05, 0.1) is 0 Å². The first-order valence-electron chi connectivity index (χ1n) is 3.18. The van der Waals surface area contributed by atoms with E-state index >= 15 is 0 Å². The maximum atomic E-state index is 10.6. The van der Waals surface area contributed by atoms with Gasteiger partial charge in [-0.2, -0.15) is 0 Å². The summed E-state index contributed by atoms with van der Waals surface area (Å²) in [5.74, 6) is 0. The minimum absolute atomic E-state index is 0.218. The molecular weight excluding hydrogens is 130 g/mol. The van der Waals surface area contributed by atoms with Gasteiger partial charge in [-0.05, 0) is 6.92 Å². The van der Waals surface area contributed by atoms with Crippen LogP contribution >= 0.6 is 0 Å². The minimum Gasteiger partial charge on any atom is -0.337 e. The quantitative estimate of drug-likeness (QED) is 0.295.